The zero-order valence-corrected chi connectivity index (χ0v) is 45.3. The number of aliphatic hydroxyl groups excluding tert-OH is 14. The number of hydrogen-bond donors (Lipinski definition) is 14. The highest BCUT2D eigenvalue weighted by Gasteiger charge is 2.70. The summed E-state index contributed by atoms with van der Waals surface area (Å²) in [6.45, 7) is 12.8. The molecule has 4 saturated carbocycles. The number of carbonyl (C=O) groups is 1. The Morgan fingerprint density at radius 3 is 1.55 bits per heavy atom. The van der Waals surface area contributed by atoms with E-state index >= 15 is 0 Å². The van der Waals surface area contributed by atoms with Crippen LogP contribution < -0.4 is 0 Å². The van der Waals surface area contributed by atoms with E-state index < -0.39 is 172 Å². The Morgan fingerprint density at radius 2 is 1.00 bits per heavy atom. The SMILES string of the molecule is CC1(C)CC[C@]2(C(=O)OC3O[C@H](CO)[C@@H](O)[C@H](O)[C@H]3O)CC[C@]3(C)C(=CC[C@@H]4[C@@]5(C)CC[C@H](O[C@@H]6O[C@H](CO)[C@@H](O)[C@H](O[C@@H]7O[C@H](CO)[C@H](O)[C@H](O)[C@H]7O)[C@H]6O[C@@H]6O[C@H](CO)[C@@H](O)[C@H](O)[C@H]6O)C(C)(C)[C@@H]5CC[C@]43C)[C@@H]2C1. The van der Waals surface area contributed by atoms with Gasteiger partial charge in [-0.3, -0.25) is 4.79 Å². The van der Waals surface area contributed by atoms with Gasteiger partial charge in [-0.15, -0.1) is 0 Å². The molecule has 0 aromatic carbocycles. The van der Waals surface area contributed by atoms with Gasteiger partial charge in [-0.1, -0.05) is 60.1 Å². The molecule has 5 aliphatic carbocycles. The number of carbonyl (C=O) groups excluding carboxylic acids is 1. The van der Waals surface area contributed by atoms with E-state index in [1.807, 2.05) is 0 Å². The number of aliphatic hydroxyl groups is 14. The van der Waals surface area contributed by atoms with E-state index in [0.29, 0.717) is 32.1 Å². The van der Waals surface area contributed by atoms with Gasteiger partial charge in [0, 0.05) is 0 Å². The molecule has 77 heavy (non-hydrogen) atoms. The maximum absolute atomic E-state index is 14.8. The molecule has 14 N–H and O–H groups in total. The Hall–Kier alpha value is -1.63. The lowest BCUT2D eigenvalue weighted by molar-refractivity contribution is -0.399. The van der Waals surface area contributed by atoms with Gasteiger partial charge in [0.25, 0.3) is 0 Å². The molecular formula is C54H88O23. The Bertz CT molecular complexity index is 2110. The Labute approximate surface area is 449 Å². The highest BCUT2D eigenvalue weighted by atomic mass is 16.8. The molecule has 0 radical (unpaired) electrons. The molecule has 4 aliphatic heterocycles. The summed E-state index contributed by atoms with van der Waals surface area (Å²) in [6, 6.07) is 0. The molecule has 8 fully saturated rings. The van der Waals surface area contributed by atoms with E-state index in [1.165, 1.54) is 5.57 Å². The minimum atomic E-state index is -1.94. The van der Waals surface area contributed by atoms with E-state index in [4.69, 9.17) is 37.9 Å². The second kappa shape index (κ2) is 21.8. The van der Waals surface area contributed by atoms with Crippen molar-refractivity contribution in [2.45, 2.75) is 242 Å². The van der Waals surface area contributed by atoms with Crippen molar-refractivity contribution in [3.63, 3.8) is 0 Å². The van der Waals surface area contributed by atoms with Crippen molar-refractivity contribution in [2.75, 3.05) is 26.4 Å². The predicted octanol–water partition coefficient (Wildman–Crippen LogP) is -2.04. The zero-order valence-electron chi connectivity index (χ0n) is 45.3. The standard InChI is InChI=1S/C54H88O23/c1-49(2)14-16-54(48(69)77-46-41(68)38(65)34(61)27(21-57)72-46)17-15-52(6)23(24(54)18-49)8-9-30-51(5)12-11-31(50(3,4)29(51)10-13-53(30,52)7)74-47-43(76-45-40(67)37(64)33(60)26(20-56)71-45)42(35(62)28(22-58)73-47)75-44-39(66)36(63)32(59)25(19-55)70-44/h8,24-47,55-68H,9-22H2,1-7H3/t24-,25+,26+,27+,28+,29-,30+,31-,32-,33+,34+,35+,36-,37-,38-,39+,40+,41+,42-,43+,44-,45-,46?,47-,51-,52+,53+,54-/m0/s1. The topological polar surface area (TPSA) is 374 Å². The van der Waals surface area contributed by atoms with Gasteiger partial charge in [0.15, 0.2) is 18.9 Å². The summed E-state index contributed by atoms with van der Waals surface area (Å²) in [4.78, 5) is 14.8. The smallest absolute Gasteiger partial charge is 0.315 e. The molecule has 4 saturated heterocycles. The van der Waals surface area contributed by atoms with Crippen molar-refractivity contribution in [3.8, 4) is 0 Å². The van der Waals surface area contributed by atoms with Crippen LogP contribution in [0.25, 0.3) is 0 Å². The molecule has 0 aromatic heterocycles. The quantitative estimate of drug-likeness (QED) is 0.0569. The largest absolute Gasteiger partial charge is 0.432 e. The van der Waals surface area contributed by atoms with Gasteiger partial charge >= 0.3 is 5.97 Å². The minimum Gasteiger partial charge on any atom is -0.432 e. The molecule has 4 heterocycles. The third kappa shape index (κ3) is 9.80. The molecule has 9 rings (SSSR count). The van der Waals surface area contributed by atoms with Crippen LogP contribution in [-0.4, -0.2) is 233 Å². The number of ether oxygens (including phenoxy) is 8. The van der Waals surface area contributed by atoms with Crippen LogP contribution in [-0.2, 0) is 42.7 Å². The fourth-order valence-electron chi connectivity index (χ4n) is 16.5. The number of hydrogen-bond acceptors (Lipinski definition) is 23. The summed E-state index contributed by atoms with van der Waals surface area (Å²) in [5.41, 5.74) is -1.27. The average molecular weight is 1110 g/mol. The second-order valence-electron chi connectivity index (χ2n) is 26.3. The lowest BCUT2D eigenvalue weighted by Crippen LogP contribution is -2.68. The molecule has 23 heteroatoms. The van der Waals surface area contributed by atoms with Crippen LogP contribution in [0.1, 0.15) is 113 Å². The molecule has 1 unspecified atom stereocenters. The Kier molecular flexibility index (Phi) is 17.0. The Balaban J connectivity index is 0.995. The summed E-state index contributed by atoms with van der Waals surface area (Å²) >= 11 is 0. The fourth-order valence-corrected chi connectivity index (χ4v) is 16.5. The molecular weight excluding hydrogens is 1020 g/mol. The van der Waals surface area contributed by atoms with E-state index in [-0.39, 0.29) is 39.4 Å². The third-order valence-electron chi connectivity index (χ3n) is 21.4. The lowest BCUT2D eigenvalue weighted by Gasteiger charge is -2.71. The first kappa shape index (κ1) is 60.0. The van der Waals surface area contributed by atoms with Crippen LogP contribution in [0.5, 0.6) is 0 Å². The van der Waals surface area contributed by atoms with Gasteiger partial charge in [0.05, 0.1) is 37.9 Å². The van der Waals surface area contributed by atoms with Crippen LogP contribution in [0.3, 0.4) is 0 Å². The fraction of sp³-hybridized carbons (Fsp3) is 0.944. The van der Waals surface area contributed by atoms with E-state index in [0.717, 1.165) is 32.1 Å². The minimum absolute atomic E-state index is 0.0454. The summed E-state index contributed by atoms with van der Waals surface area (Å²) in [6.07, 6.45) is -25.0. The van der Waals surface area contributed by atoms with Gasteiger partial charge in [0.1, 0.15) is 97.7 Å². The third-order valence-corrected chi connectivity index (χ3v) is 21.4. The highest BCUT2D eigenvalue weighted by Crippen LogP contribution is 2.76. The summed E-state index contributed by atoms with van der Waals surface area (Å²) in [7, 11) is 0. The van der Waals surface area contributed by atoms with Crippen molar-refractivity contribution < 1.29 is 114 Å². The van der Waals surface area contributed by atoms with Gasteiger partial charge in [-0.25, -0.2) is 0 Å². The van der Waals surface area contributed by atoms with Crippen molar-refractivity contribution in [1.82, 2.24) is 0 Å². The number of rotatable bonds is 12. The normalized spacial score (nSPS) is 53.4. The molecule has 0 aromatic rings. The first-order chi connectivity index (χ1) is 36.1. The van der Waals surface area contributed by atoms with Crippen LogP contribution in [0, 0.1) is 50.2 Å². The van der Waals surface area contributed by atoms with Crippen LogP contribution in [0.2, 0.25) is 0 Å². The van der Waals surface area contributed by atoms with Crippen molar-refractivity contribution in [3.05, 3.63) is 11.6 Å². The van der Waals surface area contributed by atoms with Crippen LogP contribution in [0.4, 0.5) is 0 Å². The summed E-state index contributed by atoms with van der Waals surface area (Å²) in [5.74, 6) is -0.507. The zero-order chi connectivity index (χ0) is 56.3. The second-order valence-corrected chi connectivity index (χ2v) is 26.3. The summed E-state index contributed by atoms with van der Waals surface area (Å²) in [5, 5.41) is 149. The number of fused-ring (bicyclic) bond motifs is 7. The number of allylic oxidation sites excluding steroid dienone is 2. The van der Waals surface area contributed by atoms with E-state index in [9.17, 15) is 76.3 Å². The predicted molar refractivity (Wildman–Crippen MR) is 263 cm³/mol. The first-order valence-electron chi connectivity index (χ1n) is 27.8. The Morgan fingerprint density at radius 1 is 0.519 bits per heavy atom. The highest BCUT2D eigenvalue weighted by molar-refractivity contribution is 5.79. The molecule has 0 bridgehead atoms. The monoisotopic (exact) mass is 1100 g/mol. The first-order valence-corrected chi connectivity index (χ1v) is 27.8. The molecule has 9 aliphatic rings. The maximum Gasteiger partial charge on any atom is 0.315 e. The van der Waals surface area contributed by atoms with Gasteiger partial charge in [0.2, 0.25) is 6.29 Å². The van der Waals surface area contributed by atoms with Crippen molar-refractivity contribution in [1.29, 1.82) is 0 Å². The van der Waals surface area contributed by atoms with Crippen molar-refractivity contribution >= 4 is 5.97 Å². The number of esters is 1. The molecule has 0 amide bonds. The van der Waals surface area contributed by atoms with E-state index in [2.05, 4.69) is 54.5 Å². The van der Waals surface area contributed by atoms with Gasteiger partial charge in [-0.2, -0.15) is 0 Å². The molecule has 28 atom stereocenters. The molecule has 23 nitrogen and oxygen atoms in total. The maximum atomic E-state index is 14.8. The molecule has 0 spiro atoms. The van der Waals surface area contributed by atoms with Crippen LogP contribution in [0.15, 0.2) is 11.6 Å². The van der Waals surface area contributed by atoms with Crippen LogP contribution >= 0.6 is 0 Å². The van der Waals surface area contributed by atoms with Crippen molar-refractivity contribution in [2.24, 2.45) is 50.2 Å². The molecule has 442 valence electrons. The average Bonchev–Trinajstić information content (AvgIpc) is 3.55. The summed E-state index contributed by atoms with van der Waals surface area (Å²) < 4.78 is 48.9. The van der Waals surface area contributed by atoms with E-state index in [1.54, 1.807) is 0 Å². The lowest BCUT2D eigenvalue weighted by atomic mass is 9.33. The van der Waals surface area contributed by atoms with Gasteiger partial charge in [-0.05, 0) is 109 Å². The van der Waals surface area contributed by atoms with Gasteiger partial charge < -0.3 is 109 Å².